The molecule has 0 aromatic heterocycles. The second-order valence-electron chi connectivity index (χ2n) is 4.13. The number of benzene rings is 2. The number of rotatable bonds is 5. The van der Waals surface area contributed by atoms with Gasteiger partial charge in [-0.3, -0.25) is 0 Å². The van der Waals surface area contributed by atoms with Crippen LogP contribution in [0.5, 0.6) is 11.5 Å². The number of halogens is 3. The first kappa shape index (κ1) is 15.1. The highest BCUT2D eigenvalue weighted by Gasteiger charge is 2.08. The number of methoxy groups -OCH3 is 1. The first-order valence-corrected chi connectivity index (χ1v) is 7.26. The van der Waals surface area contributed by atoms with Crippen LogP contribution in [0.3, 0.4) is 0 Å². The Morgan fingerprint density at radius 3 is 2.60 bits per heavy atom. The molecule has 2 aromatic rings. The lowest BCUT2D eigenvalue weighted by molar-refractivity contribution is 0.296. The van der Waals surface area contributed by atoms with Crippen LogP contribution in [0.2, 0.25) is 0 Å². The Morgan fingerprint density at radius 2 is 1.95 bits per heavy atom. The minimum Gasteiger partial charge on any atom is -0.497 e. The third-order valence-electron chi connectivity index (χ3n) is 2.81. The van der Waals surface area contributed by atoms with Crippen molar-refractivity contribution in [3.8, 4) is 11.5 Å². The minimum atomic E-state index is -0.305. The Kier molecular flexibility index (Phi) is 5.26. The van der Waals surface area contributed by atoms with Crippen molar-refractivity contribution in [1.29, 1.82) is 0 Å². The zero-order valence-electron chi connectivity index (χ0n) is 10.8. The highest BCUT2D eigenvalue weighted by molar-refractivity contribution is 9.10. The maximum Gasteiger partial charge on any atom is 0.130 e. The molecule has 0 N–H and O–H groups in total. The lowest BCUT2D eigenvalue weighted by atomic mass is 10.2. The van der Waals surface area contributed by atoms with Gasteiger partial charge in [-0.2, -0.15) is 0 Å². The fourth-order valence-corrected chi connectivity index (χ4v) is 2.26. The predicted octanol–water partition coefficient (Wildman–Crippen LogP) is 4.91. The highest BCUT2D eigenvalue weighted by Crippen LogP contribution is 2.27. The van der Waals surface area contributed by atoms with Crippen molar-refractivity contribution in [3.05, 3.63) is 57.8 Å². The van der Waals surface area contributed by atoms with Crippen LogP contribution in [0, 0.1) is 5.82 Å². The summed E-state index contributed by atoms with van der Waals surface area (Å²) in [5, 5.41) is 0. The van der Waals surface area contributed by atoms with Crippen LogP contribution in [-0.4, -0.2) is 7.11 Å². The Bertz CT molecular complexity index is 604. The molecule has 0 fully saturated rings. The van der Waals surface area contributed by atoms with Gasteiger partial charge >= 0.3 is 0 Å². The van der Waals surface area contributed by atoms with Crippen LogP contribution >= 0.6 is 27.5 Å². The molecule has 0 radical (unpaired) electrons. The predicted molar refractivity (Wildman–Crippen MR) is 81.0 cm³/mol. The zero-order valence-corrected chi connectivity index (χ0v) is 13.2. The summed E-state index contributed by atoms with van der Waals surface area (Å²) in [5.74, 6) is 1.33. The van der Waals surface area contributed by atoms with Crippen molar-refractivity contribution >= 4 is 27.5 Å². The van der Waals surface area contributed by atoms with Crippen molar-refractivity contribution in [2.24, 2.45) is 0 Å². The molecule has 0 aliphatic rings. The first-order chi connectivity index (χ1) is 9.63. The fourth-order valence-electron chi connectivity index (χ4n) is 1.72. The van der Waals surface area contributed by atoms with Crippen molar-refractivity contribution in [2.75, 3.05) is 7.11 Å². The Morgan fingerprint density at radius 1 is 1.15 bits per heavy atom. The average molecular weight is 360 g/mol. The maximum absolute atomic E-state index is 13.7. The number of hydrogen-bond acceptors (Lipinski definition) is 2. The summed E-state index contributed by atoms with van der Waals surface area (Å²) in [5.41, 5.74) is 1.30. The summed E-state index contributed by atoms with van der Waals surface area (Å²) in [7, 11) is 1.59. The summed E-state index contributed by atoms with van der Waals surface area (Å²) in [6.07, 6.45) is 0. The summed E-state index contributed by atoms with van der Waals surface area (Å²) in [6.45, 7) is 0.148. The number of hydrogen-bond donors (Lipinski definition) is 0. The van der Waals surface area contributed by atoms with Gasteiger partial charge in [0.1, 0.15) is 23.9 Å². The van der Waals surface area contributed by atoms with E-state index in [1.54, 1.807) is 37.4 Å². The Balaban J connectivity index is 2.14. The second kappa shape index (κ2) is 6.95. The minimum absolute atomic E-state index is 0.148. The van der Waals surface area contributed by atoms with E-state index in [1.807, 2.05) is 0 Å². The third-order valence-corrected chi connectivity index (χ3v) is 3.59. The zero-order chi connectivity index (χ0) is 14.5. The van der Waals surface area contributed by atoms with Gasteiger partial charge in [0, 0.05) is 15.6 Å². The number of alkyl halides is 1. The SMILES string of the molecule is COc1ccc(OCc2ccc(Br)cc2F)c(CCl)c1. The monoisotopic (exact) mass is 358 g/mol. The van der Waals surface area contributed by atoms with Crippen LogP contribution in [-0.2, 0) is 12.5 Å². The van der Waals surface area contributed by atoms with Gasteiger partial charge in [-0.25, -0.2) is 4.39 Å². The van der Waals surface area contributed by atoms with Gasteiger partial charge in [0.2, 0.25) is 0 Å². The molecule has 5 heteroatoms. The normalized spacial score (nSPS) is 10.4. The largest absolute Gasteiger partial charge is 0.497 e. The van der Waals surface area contributed by atoms with Crippen LogP contribution in [0.1, 0.15) is 11.1 Å². The Hall–Kier alpha value is -1.26. The van der Waals surface area contributed by atoms with E-state index in [9.17, 15) is 4.39 Å². The molecule has 0 unspecified atom stereocenters. The van der Waals surface area contributed by atoms with E-state index in [4.69, 9.17) is 21.1 Å². The van der Waals surface area contributed by atoms with E-state index in [1.165, 1.54) is 6.07 Å². The van der Waals surface area contributed by atoms with E-state index in [2.05, 4.69) is 15.9 Å². The second-order valence-corrected chi connectivity index (χ2v) is 5.31. The van der Waals surface area contributed by atoms with Crippen LogP contribution < -0.4 is 9.47 Å². The molecule has 0 spiro atoms. The van der Waals surface area contributed by atoms with Crippen molar-refractivity contribution in [1.82, 2.24) is 0 Å². The van der Waals surface area contributed by atoms with Crippen molar-refractivity contribution in [2.45, 2.75) is 12.5 Å². The van der Waals surface area contributed by atoms with Gasteiger partial charge in [-0.05, 0) is 30.3 Å². The molecule has 0 bridgehead atoms. The summed E-state index contributed by atoms with van der Waals surface area (Å²) in [6, 6.07) is 10.2. The van der Waals surface area contributed by atoms with E-state index >= 15 is 0 Å². The maximum atomic E-state index is 13.7. The highest BCUT2D eigenvalue weighted by atomic mass is 79.9. The lowest BCUT2D eigenvalue weighted by Gasteiger charge is -2.12. The standard InChI is InChI=1S/C15H13BrClFO2/c1-19-13-4-5-15(11(6-13)8-17)20-9-10-2-3-12(16)7-14(10)18/h2-7H,8-9H2,1H3. The topological polar surface area (TPSA) is 18.5 Å². The van der Waals surface area contributed by atoms with Crippen LogP contribution in [0.4, 0.5) is 4.39 Å². The molecule has 2 aromatic carbocycles. The van der Waals surface area contributed by atoms with Gasteiger partial charge in [0.25, 0.3) is 0 Å². The molecular weight excluding hydrogens is 347 g/mol. The molecule has 0 aliphatic carbocycles. The van der Waals surface area contributed by atoms with Crippen LogP contribution in [0.15, 0.2) is 40.9 Å². The van der Waals surface area contributed by atoms with E-state index in [0.29, 0.717) is 27.4 Å². The molecular formula is C15H13BrClFO2. The van der Waals surface area contributed by atoms with Crippen molar-refractivity contribution < 1.29 is 13.9 Å². The molecule has 0 saturated carbocycles. The van der Waals surface area contributed by atoms with Gasteiger partial charge < -0.3 is 9.47 Å². The number of ether oxygens (including phenoxy) is 2. The Labute approximate surface area is 130 Å². The summed E-state index contributed by atoms with van der Waals surface area (Å²) < 4.78 is 25.2. The first-order valence-electron chi connectivity index (χ1n) is 5.93. The third kappa shape index (κ3) is 3.64. The van der Waals surface area contributed by atoms with Crippen LogP contribution in [0.25, 0.3) is 0 Å². The van der Waals surface area contributed by atoms with Gasteiger partial charge in [-0.15, -0.1) is 11.6 Å². The quantitative estimate of drug-likeness (QED) is 0.706. The van der Waals surface area contributed by atoms with E-state index in [-0.39, 0.29) is 12.4 Å². The molecule has 20 heavy (non-hydrogen) atoms. The van der Waals surface area contributed by atoms with Gasteiger partial charge in [0.05, 0.1) is 13.0 Å². The molecule has 106 valence electrons. The molecule has 0 heterocycles. The molecule has 2 nitrogen and oxygen atoms in total. The fraction of sp³-hybridized carbons (Fsp3) is 0.200. The molecule has 0 amide bonds. The van der Waals surface area contributed by atoms with E-state index in [0.717, 1.165) is 5.56 Å². The summed E-state index contributed by atoms with van der Waals surface area (Å²) >= 11 is 9.10. The smallest absolute Gasteiger partial charge is 0.130 e. The summed E-state index contributed by atoms with van der Waals surface area (Å²) in [4.78, 5) is 0. The van der Waals surface area contributed by atoms with Gasteiger partial charge in [0.15, 0.2) is 0 Å². The molecule has 0 atom stereocenters. The lowest BCUT2D eigenvalue weighted by Crippen LogP contribution is -2.00. The molecule has 2 rings (SSSR count). The van der Waals surface area contributed by atoms with E-state index < -0.39 is 0 Å². The average Bonchev–Trinajstić information content (AvgIpc) is 2.46. The van der Waals surface area contributed by atoms with Crippen molar-refractivity contribution in [3.63, 3.8) is 0 Å². The molecule has 0 aliphatic heterocycles. The molecule has 0 saturated heterocycles. The van der Waals surface area contributed by atoms with Gasteiger partial charge in [-0.1, -0.05) is 22.0 Å².